The van der Waals surface area contributed by atoms with Crippen molar-refractivity contribution in [1.82, 2.24) is 10.2 Å². The first-order valence-corrected chi connectivity index (χ1v) is 16.8. The van der Waals surface area contributed by atoms with Crippen molar-refractivity contribution in [1.29, 1.82) is 0 Å². The summed E-state index contributed by atoms with van der Waals surface area (Å²) in [5.41, 5.74) is 13.8. The Hall–Kier alpha value is -4.69. The van der Waals surface area contributed by atoms with Crippen LogP contribution in [0.2, 0.25) is 5.02 Å². The summed E-state index contributed by atoms with van der Waals surface area (Å²) < 4.78 is 13.8. The zero-order valence-electron chi connectivity index (χ0n) is 27.4. The van der Waals surface area contributed by atoms with Crippen molar-refractivity contribution in [2.45, 2.75) is 31.5 Å². The quantitative estimate of drug-likeness (QED) is 0.116. The summed E-state index contributed by atoms with van der Waals surface area (Å²) in [6.07, 6.45) is 1.55. The highest BCUT2D eigenvalue weighted by Crippen LogP contribution is 2.31. The number of methoxy groups -OCH3 is 2. The summed E-state index contributed by atoms with van der Waals surface area (Å²) in [6, 6.07) is 39.5. The Morgan fingerprint density at radius 3 is 2.00 bits per heavy atom. The molecule has 0 saturated carbocycles. The minimum absolute atomic E-state index is 0.144. The van der Waals surface area contributed by atoms with E-state index in [0.29, 0.717) is 22.0 Å². The molecule has 2 atom stereocenters. The lowest BCUT2D eigenvalue weighted by molar-refractivity contribution is -0.675. The van der Waals surface area contributed by atoms with Gasteiger partial charge in [0.25, 0.3) is 5.91 Å². The van der Waals surface area contributed by atoms with Crippen molar-refractivity contribution < 1.29 is 18.8 Å². The fourth-order valence-electron chi connectivity index (χ4n) is 6.56. The van der Waals surface area contributed by atoms with E-state index in [1.807, 2.05) is 0 Å². The summed E-state index contributed by atoms with van der Waals surface area (Å²) in [7, 11) is 3.22. The number of ether oxygens (including phenoxy) is 2. The minimum Gasteiger partial charge on any atom is -0.496 e. The molecule has 1 fully saturated rings. The number of amides is 1. The number of nitrogens with two attached hydrogens (primary N) is 1. The van der Waals surface area contributed by atoms with Crippen molar-refractivity contribution >= 4 is 23.2 Å². The van der Waals surface area contributed by atoms with Gasteiger partial charge in [0.15, 0.2) is 6.54 Å². The second-order valence-electron chi connectivity index (χ2n) is 12.1. The molecule has 1 saturated heterocycles. The zero-order chi connectivity index (χ0) is 33.5. The molecule has 0 radical (unpaired) electrons. The molecule has 5 aromatic rings. The highest BCUT2D eigenvalue weighted by Gasteiger charge is 2.32. The molecule has 8 heteroatoms. The first kappa shape index (κ1) is 33.2. The van der Waals surface area contributed by atoms with Crippen LogP contribution in [0.5, 0.6) is 5.75 Å². The number of carbonyl (C=O) groups excluding carboxylic acids is 1. The average molecular weight is 662 g/mol. The molecule has 1 aliphatic heterocycles. The second kappa shape index (κ2) is 15.5. The third-order valence-corrected chi connectivity index (χ3v) is 9.42. The number of anilines is 1. The van der Waals surface area contributed by atoms with Crippen LogP contribution in [0.25, 0.3) is 33.6 Å². The normalized spacial score (nSPS) is 16.4. The summed E-state index contributed by atoms with van der Waals surface area (Å²) in [5, 5.41) is 3.47. The SMILES string of the molecule is COc1cc(N)c(Cl)cc1C(=O)N[C@@H]1CCN(CCC[n+]2c(-c3ccccc3)cc(-c3ccccc3)cc2-c2ccccc2)C[C@@H]1OC. The van der Waals surface area contributed by atoms with Gasteiger partial charge in [-0.2, -0.15) is 4.57 Å². The maximum absolute atomic E-state index is 13.3. The molecule has 2 heterocycles. The largest absolute Gasteiger partial charge is 0.496 e. The Morgan fingerprint density at radius 1 is 0.854 bits per heavy atom. The van der Waals surface area contributed by atoms with Crippen LogP contribution in [-0.2, 0) is 11.3 Å². The number of nitrogen functional groups attached to an aromatic ring is 1. The number of hydrogen-bond acceptors (Lipinski definition) is 5. The van der Waals surface area contributed by atoms with Gasteiger partial charge in [0.1, 0.15) is 5.75 Å². The molecule has 3 N–H and O–H groups in total. The molecule has 4 aromatic carbocycles. The molecule has 0 bridgehead atoms. The fourth-order valence-corrected chi connectivity index (χ4v) is 6.72. The summed E-state index contributed by atoms with van der Waals surface area (Å²) in [4.78, 5) is 15.7. The van der Waals surface area contributed by atoms with Crippen LogP contribution in [0, 0.1) is 0 Å². The minimum atomic E-state index is -0.258. The molecule has 1 amide bonds. The molecule has 246 valence electrons. The van der Waals surface area contributed by atoms with Gasteiger partial charge in [-0.3, -0.25) is 4.79 Å². The number of pyridine rings is 1. The molecule has 1 aliphatic rings. The summed E-state index contributed by atoms with van der Waals surface area (Å²) in [6.45, 7) is 3.31. The van der Waals surface area contributed by atoms with Gasteiger partial charge < -0.3 is 25.4 Å². The van der Waals surface area contributed by atoms with Gasteiger partial charge in [0, 0.05) is 62.5 Å². The lowest BCUT2D eigenvalue weighted by Crippen LogP contribution is -2.55. The van der Waals surface area contributed by atoms with E-state index in [0.717, 1.165) is 39.0 Å². The molecule has 7 nitrogen and oxygen atoms in total. The fraction of sp³-hybridized carbons (Fsp3) is 0.250. The Bertz CT molecular complexity index is 1780. The molecular weight excluding hydrogens is 620 g/mol. The van der Waals surface area contributed by atoms with E-state index < -0.39 is 0 Å². The van der Waals surface area contributed by atoms with E-state index in [2.05, 4.69) is 118 Å². The zero-order valence-corrected chi connectivity index (χ0v) is 28.2. The highest BCUT2D eigenvalue weighted by molar-refractivity contribution is 6.33. The van der Waals surface area contributed by atoms with Gasteiger partial charge in [0.05, 0.1) is 35.5 Å². The maximum Gasteiger partial charge on any atom is 0.255 e. The molecule has 0 unspecified atom stereocenters. The average Bonchev–Trinajstić information content (AvgIpc) is 3.14. The van der Waals surface area contributed by atoms with Gasteiger partial charge in [-0.1, -0.05) is 78.3 Å². The van der Waals surface area contributed by atoms with Crippen LogP contribution in [-0.4, -0.2) is 56.8 Å². The van der Waals surface area contributed by atoms with E-state index in [9.17, 15) is 4.79 Å². The third kappa shape index (κ3) is 7.55. The molecule has 0 aliphatic carbocycles. The third-order valence-electron chi connectivity index (χ3n) is 9.09. The Balaban J connectivity index is 1.20. The number of rotatable bonds is 11. The van der Waals surface area contributed by atoms with Crippen LogP contribution in [0.4, 0.5) is 5.69 Å². The van der Waals surface area contributed by atoms with E-state index in [-0.39, 0.29) is 18.1 Å². The Labute approximate surface area is 287 Å². The molecule has 0 spiro atoms. The second-order valence-corrected chi connectivity index (χ2v) is 12.5. The van der Waals surface area contributed by atoms with Gasteiger partial charge in [-0.25, -0.2) is 0 Å². The van der Waals surface area contributed by atoms with Crippen molar-refractivity contribution in [2.75, 3.05) is 39.6 Å². The van der Waals surface area contributed by atoms with Gasteiger partial charge in [0.2, 0.25) is 11.4 Å². The Kier molecular flexibility index (Phi) is 10.7. The first-order chi connectivity index (χ1) is 23.4. The number of hydrogen-bond donors (Lipinski definition) is 2. The number of aromatic nitrogens is 1. The lowest BCUT2D eigenvalue weighted by atomic mass is 9.98. The van der Waals surface area contributed by atoms with Gasteiger partial charge in [-0.05, 0) is 47.9 Å². The van der Waals surface area contributed by atoms with Crippen LogP contribution < -0.4 is 20.4 Å². The van der Waals surface area contributed by atoms with E-state index in [1.165, 1.54) is 40.8 Å². The van der Waals surface area contributed by atoms with E-state index in [4.69, 9.17) is 26.8 Å². The van der Waals surface area contributed by atoms with Gasteiger partial charge >= 0.3 is 0 Å². The number of benzene rings is 4. The number of halogens is 1. The number of piperidine rings is 1. The van der Waals surface area contributed by atoms with Crippen LogP contribution in [0.1, 0.15) is 23.2 Å². The summed E-state index contributed by atoms with van der Waals surface area (Å²) >= 11 is 6.23. The number of nitrogens with one attached hydrogen (secondary N) is 1. The predicted molar refractivity (Wildman–Crippen MR) is 193 cm³/mol. The van der Waals surface area contributed by atoms with Crippen LogP contribution >= 0.6 is 11.6 Å². The van der Waals surface area contributed by atoms with E-state index in [1.54, 1.807) is 19.2 Å². The summed E-state index contributed by atoms with van der Waals surface area (Å²) in [5.74, 6) is 0.131. The van der Waals surface area contributed by atoms with Crippen molar-refractivity contribution in [3.05, 3.63) is 126 Å². The maximum atomic E-state index is 13.3. The number of nitrogens with zero attached hydrogens (tertiary/aromatic N) is 2. The van der Waals surface area contributed by atoms with Crippen LogP contribution in [0.3, 0.4) is 0 Å². The first-order valence-electron chi connectivity index (χ1n) is 16.4. The van der Waals surface area contributed by atoms with Crippen molar-refractivity contribution in [3.8, 4) is 39.4 Å². The molecule has 6 rings (SSSR count). The Morgan fingerprint density at radius 2 is 1.44 bits per heavy atom. The highest BCUT2D eigenvalue weighted by atomic mass is 35.5. The van der Waals surface area contributed by atoms with Crippen LogP contribution in [0.15, 0.2) is 115 Å². The monoisotopic (exact) mass is 661 g/mol. The smallest absolute Gasteiger partial charge is 0.255 e. The van der Waals surface area contributed by atoms with E-state index >= 15 is 0 Å². The standard InChI is InChI=1S/C40H41ClN4O3/c1-47-38-26-34(42)33(41)25-32(38)40(46)43-35-19-22-44(27-39(35)48-2)20-12-21-45-36(29-15-8-4-9-16-29)23-31(28-13-6-3-7-14-28)24-37(45)30-17-10-5-11-18-30/h3-11,13-18,23-26,35,39H,12,19-22,27H2,1-2H3,(H2-,42,43,46)/p+1/t35-,39+/m1/s1. The molecule has 48 heavy (non-hydrogen) atoms. The van der Waals surface area contributed by atoms with Crippen molar-refractivity contribution in [2.24, 2.45) is 0 Å². The number of likely N-dealkylation sites (tertiary alicyclic amines) is 1. The van der Waals surface area contributed by atoms with Gasteiger partial charge in [-0.15, -0.1) is 0 Å². The lowest BCUT2D eigenvalue weighted by Gasteiger charge is -2.38. The predicted octanol–water partition coefficient (Wildman–Crippen LogP) is 7.13. The van der Waals surface area contributed by atoms with Crippen molar-refractivity contribution in [3.63, 3.8) is 0 Å². The number of carbonyl (C=O) groups is 1. The molecular formula is C40H42ClN4O3+. The topological polar surface area (TPSA) is 80.7 Å². The molecule has 1 aromatic heterocycles.